The summed E-state index contributed by atoms with van der Waals surface area (Å²) < 4.78 is 0. The van der Waals surface area contributed by atoms with E-state index in [-0.39, 0.29) is 0 Å². The first-order chi connectivity index (χ1) is 9.29. The van der Waals surface area contributed by atoms with Gasteiger partial charge in [0, 0.05) is 11.3 Å². The second-order valence-electron chi connectivity index (χ2n) is 4.26. The number of rotatable bonds is 4. The standard InChI is InChI=1S/C18H17N/c1-3-18(17-12-8-5-9-13-17)19-15(2)14-16-10-6-4-7-11-16/h3-14H,1H2,2H3/b15-14-,19-18?. The van der Waals surface area contributed by atoms with E-state index in [1.165, 1.54) is 0 Å². The van der Waals surface area contributed by atoms with Crippen molar-refractivity contribution in [3.63, 3.8) is 0 Å². The van der Waals surface area contributed by atoms with Gasteiger partial charge >= 0.3 is 0 Å². The van der Waals surface area contributed by atoms with Crippen molar-refractivity contribution < 1.29 is 0 Å². The Morgan fingerprint density at radius 2 is 1.53 bits per heavy atom. The topological polar surface area (TPSA) is 12.4 Å². The summed E-state index contributed by atoms with van der Waals surface area (Å²) in [5, 5.41) is 0. The van der Waals surface area contributed by atoms with Gasteiger partial charge in [-0.25, -0.2) is 0 Å². The summed E-state index contributed by atoms with van der Waals surface area (Å²) in [4.78, 5) is 4.62. The first-order valence-corrected chi connectivity index (χ1v) is 6.29. The maximum atomic E-state index is 4.62. The Morgan fingerprint density at radius 1 is 0.947 bits per heavy atom. The third kappa shape index (κ3) is 3.78. The number of benzene rings is 2. The van der Waals surface area contributed by atoms with Crippen LogP contribution in [0.15, 0.2) is 84.0 Å². The molecule has 0 N–H and O–H groups in total. The maximum Gasteiger partial charge on any atom is 0.0699 e. The fourth-order valence-electron chi connectivity index (χ4n) is 1.85. The van der Waals surface area contributed by atoms with Crippen molar-refractivity contribution >= 4 is 11.8 Å². The first-order valence-electron chi connectivity index (χ1n) is 6.29. The summed E-state index contributed by atoms with van der Waals surface area (Å²) in [5.41, 5.74) is 4.09. The smallest absolute Gasteiger partial charge is 0.0699 e. The van der Waals surface area contributed by atoms with Gasteiger partial charge in [0.15, 0.2) is 0 Å². The minimum atomic E-state index is 0.894. The molecule has 19 heavy (non-hydrogen) atoms. The highest BCUT2D eigenvalue weighted by atomic mass is 14.7. The average molecular weight is 247 g/mol. The van der Waals surface area contributed by atoms with E-state index < -0.39 is 0 Å². The molecule has 0 heterocycles. The van der Waals surface area contributed by atoms with Crippen molar-refractivity contribution in [2.45, 2.75) is 6.92 Å². The molecule has 0 radical (unpaired) electrons. The molecule has 1 nitrogen and oxygen atoms in total. The number of aliphatic imine (C=N–C) groups is 1. The quantitative estimate of drug-likeness (QED) is 0.693. The van der Waals surface area contributed by atoms with Gasteiger partial charge in [-0.05, 0) is 24.6 Å². The molecular weight excluding hydrogens is 230 g/mol. The summed E-state index contributed by atoms with van der Waals surface area (Å²) >= 11 is 0. The molecule has 0 aliphatic rings. The molecule has 0 bridgehead atoms. The lowest BCUT2D eigenvalue weighted by atomic mass is 10.1. The van der Waals surface area contributed by atoms with E-state index in [0.29, 0.717) is 0 Å². The van der Waals surface area contributed by atoms with E-state index in [2.05, 4.69) is 29.8 Å². The molecule has 0 aromatic heterocycles. The molecule has 0 unspecified atom stereocenters. The van der Waals surface area contributed by atoms with Crippen LogP contribution in [0.4, 0.5) is 0 Å². The van der Waals surface area contributed by atoms with E-state index in [1.54, 1.807) is 6.08 Å². The SMILES string of the molecule is C=CC(=N/C(C)=C\c1ccccc1)c1ccccc1. The molecule has 1 heteroatoms. The van der Waals surface area contributed by atoms with Crippen LogP contribution in [-0.2, 0) is 0 Å². The molecule has 0 atom stereocenters. The minimum absolute atomic E-state index is 0.894. The fraction of sp³-hybridized carbons (Fsp3) is 0.0556. The van der Waals surface area contributed by atoms with Crippen LogP contribution in [0.5, 0.6) is 0 Å². The molecule has 0 spiro atoms. The molecule has 0 saturated carbocycles. The van der Waals surface area contributed by atoms with Crippen molar-refractivity contribution in [2.24, 2.45) is 4.99 Å². The van der Waals surface area contributed by atoms with Crippen LogP contribution in [0.3, 0.4) is 0 Å². The fourth-order valence-corrected chi connectivity index (χ4v) is 1.85. The Balaban J connectivity index is 2.28. The molecule has 0 saturated heterocycles. The molecule has 0 amide bonds. The molecule has 2 aromatic rings. The highest BCUT2D eigenvalue weighted by Gasteiger charge is 1.98. The second-order valence-corrected chi connectivity index (χ2v) is 4.26. The van der Waals surface area contributed by atoms with Crippen molar-refractivity contribution in [3.05, 3.63) is 90.1 Å². The Morgan fingerprint density at radius 3 is 2.11 bits per heavy atom. The first kappa shape index (κ1) is 13.0. The maximum absolute atomic E-state index is 4.62. The third-order valence-corrected chi connectivity index (χ3v) is 2.73. The lowest BCUT2D eigenvalue weighted by Crippen LogP contribution is -1.95. The van der Waals surface area contributed by atoms with Crippen molar-refractivity contribution in [1.29, 1.82) is 0 Å². The molecule has 0 aliphatic heterocycles. The summed E-state index contributed by atoms with van der Waals surface area (Å²) in [6.45, 7) is 5.84. The van der Waals surface area contributed by atoms with E-state index >= 15 is 0 Å². The lowest BCUT2D eigenvalue weighted by molar-refractivity contribution is 1.33. The van der Waals surface area contributed by atoms with Gasteiger partial charge in [-0.15, -0.1) is 0 Å². The summed E-state index contributed by atoms with van der Waals surface area (Å²) in [6.07, 6.45) is 3.85. The predicted molar refractivity (Wildman–Crippen MR) is 83.3 cm³/mol. The normalized spacial score (nSPS) is 12.3. The average Bonchev–Trinajstić information content (AvgIpc) is 2.47. The van der Waals surface area contributed by atoms with E-state index in [9.17, 15) is 0 Å². The van der Waals surface area contributed by atoms with Crippen molar-refractivity contribution in [3.8, 4) is 0 Å². The lowest BCUT2D eigenvalue weighted by Gasteiger charge is -2.02. The molecule has 94 valence electrons. The number of nitrogens with zero attached hydrogens (tertiary/aromatic N) is 1. The van der Waals surface area contributed by atoms with Gasteiger partial charge in [0.2, 0.25) is 0 Å². The Kier molecular flexibility index (Phi) is 4.46. The highest BCUT2D eigenvalue weighted by molar-refractivity contribution is 6.08. The van der Waals surface area contributed by atoms with Crippen LogP contribution >= 0.6 is 0 Å². The number of hydrogen-bond donors (Lipinski definition) is 0. The zero-order chi connectivity index (χ0) is 13.5. The van der Waals surface area contributed by atoms with Crippen LogP contribution in [0.25, 0.3) is 6.08 Å². The third-order valence-electron chi connectivity index (χ3n) is 2.73. The van der Waals surface area contributed by atoms with Crippen molar-refractivity contribution in [1.82, 2.24) is 0 Å². The summed E-state index contributed by atoms with van der Waals surface area (Å²) in [6, 6.07) is 20.3. The van der Waals surface area contributed by atoms with Gasteiger partial charge in [0.25, 0.3) is 0 Å². The predicted octanol–water partition coefficient (Wildman–Crippen LogP) is 4.72. The summed E-state index contributed by atoms with van der Waals surface area (Å²) in [7, 11) is 0. The zero-order valence-electron chi connectivity index (χ0n) is 11.1. The Bertz CT molecular complexity index is 592. The largest absolute Gasteiger partial charge is 0.253 e. The van der Waals surface area contributed by atoms with Gasteiger partial charge in [-0.3, -0.25) is 4.99 Å². The van der Waals surface area contributed by atoms with Crippen LogP contribution in [0.1, 0.15) is 18.1 Å². The zero-order valence-corrected chi connectivity index (χ0v) is 11.1. The van der Waals surface area contributed by atoms with Crippen molar-refractivity contribution in [2.75, 3.05) is 0 Å². The number of hydrogen-bond acceptors (Lipinski definition) is 1. The van der Waals surface area contributed by atoms with Gasteiger partial charge in [0.1, 0.15) is 0 Å². The highest BCUT2D eigenvalue weighted by Crippen LogP contribution is 2.10. The summed E-state index contributed by atoms with van der Waals surface area (Å²) in [5.74, 6) is 0. The van der Waals surface area contributed by atoms with Gasteiger partial charge in [-0.1, -0.05) is 67.2 Å². The van der Waals surface area contributed by atoms with E-state index in [0.717, 1.165) is 22.5 Å². The van der Waals surface area contributed by atoms with E-state index in [4.69, 9.17) is 0 Å². The Labute approximate surface area is 114 Å². The monoisotopic (exact) mass is 247 g/mol. The molecule has 0 fully saturated rings. The number of allylic oxidation sites excluding steroid dienone is 2. The van der Waals surface area contributed by atoms with Gasteiger partial charge < -0.3 is 0 Å². The van der Waals surface area contributed by atoms with Crippen LogP contribution in [0, 0.1) is 0 Å². The molecule has 0 aliphatic carbocycles. The van der Waals surface area contributed by atoms with Crippen LogP contribution in [0.2, 0.25) is 0 Å². The van der Waals surface area contributed by atoms with Crippen LogP contribution < -0.4 is 0 Å². The Hall–Kier alpha value is -2.41. The second kappa shape index (κ2) is 6.50. The van der Waals surface area contributed by atoms with E-state index in [1.807, 2.05) is 55.5 Å². The molecular formula is C18H17N. The molecule has 2 rings (SSSR count). The molecule has 2 aromatic carbocycles. The minimum Gasteiger partial charge on any atom is -0.253 e. The van der Waals surface area contributed by atoms with Crippen LogP contribution in [-0.4, -0.2) is 5.71 Å². The van der Waals surface area contributed by atoms with Gasteiger partial charge in [-0.2, -0.15) is 0 Å². The van der Waals surface area contributed by atoms with Gasteiger partial charge in [0.05, 0.1) is 5.71 Å².